The van der Waals surface area contributed by atoms with E-state index in [4.69, 9.17) is 4.98 Å². The van der Waals surface area contributed by atoms with E-state index in [-0.39, 0.29) is 0 Å². The first-order valence-corrected chi connectivity index (χ1v) is 13.2. The molecule has 0 aliphatic rings. The second-order valence-corrected chi connectivity index (χ2v) is 16.3. The Morgan fingerprint density at radius 2 is 1.72 bits per heavy atom. The van der Waals surface area contributed by atoms with Crippen LogP contribution in [0.3, 0.4) is 0 Å². The van der Waals surface area contributed by atoms with Gasteiger partial charge in [-0.25, -0.2) is 15.0 Å². The summed E-state index contributed by atoms with van der Waals surface area (Å²) in [6.45, 7) is 13.5. The minimum absolute atomic E-state index is 0.767. The van der Waals surface area contributed by atoms with Gasteiger partial charge in [-0.05, 0) is 0 Å². The zero-order valence-electron chi connectivity index (χ0n) is 11.9. The Hall–Kier alpha value is -1.22. The molecule has 2 aromatic rings. The van der Waals surface area contributed by atoms with Gasteiger partial charge in [0.2, 0.25) is 0 Å². The van der Waals surface area contributed by atoms with Gasteiger partial charge in [-0.3, -0.25) is 0 Å². The standard InChI is InChI=1S/C11H21N5Si2/c1-17(2,3)11-14-9-8(12-7-13-9)10(15-11)16-18(4,5)6/h7H,1-6H3,(H2,12,13,14,15,16). The molecule has 0 aliphatic heterocycles. The fraction of sp³-hybridized carbons (Fsp3) is 0.545. The van der Waals surface area contributed by atoms with Crippen LogP contribution in [0.1, 0.15) is 0 Å². The first-order chi connectivity index (χ1) is 8.17. The van der Waals surface area contributed by atoms with Crippen LogP contribution < -0.4 is 10.4 Å². The van der Waals surface area contributed by atoms with E-state index in [1.807, 2.05) is 0 Å². The van der Waals surface area contributed by atoms with Crippen molar-refractivity contribution in [1.29, 1.82) is 0 Å². The number of fused-ring (bicyclic) bond motifs is 1. The molecule has 98 valence electrons. The molecular formula is C11H21N5Si2. The fourth-order valence-corrected chi connectivity index (χ4v) is 3.39. The molecule has 0 spiro atoms. The quantitative estimate of drug-likeness (QED) is 0.845. The van der Waals surface area contributed by atoms with Crippen LogP contribution in [-0.4, -0.2) is 36.2 Å². The average Bonchev–Trinajstić information content (AvgIpc) is 2.61. The van der Waals surface area contributed by atoms with Crippen molar-refractivity contribution < 1.29 is 0 Å². The third-order valence-corrected chi connectivity index (χ3v) is 5.00. The summed E-state index contributed by atoms with van der Waals surface area (Å²) in [5.74, 6) is 0.911. The van der Waals surface area contributed by atoms with E-state index >= 15 is 0 Å². The SMILES string of the molecule is C[Si](C)(C)Nc1nc([Si](C)(C)C)nc2nc[nH]c12. The van der Waals surface area contributed by atoms with E-state index in [0.29, 0.717) is 0 Å². The number of aromatic nitrogens is 4. The van der Waals surface area contributed by atoms with Crippen molar-refractivity contribution in [3.63, 3.8) is 0 Å². The van der Waals surface area contributed by atoms with Gasteiger partial charge < -0.3 is 9.97 Å². The lowest BCUT2D eigenvalue weighted by Crippen LogP contribution is -2.43. The topological polar surface area (TPSA) is 66.5 Å². The number of hydrogen-bond donors (Lipinski definition) is 2. The zero-order valence-corrected chi connectivity index (χ0v) is 13.9. The minimum atomic E-state index is -1.53. The van der Waals surface area contributed by atoms with Crippen LogP contribution in [0, 0.1) is 0 Å². The number of hydrogen-bond acceptors (Lipinski definition) is 4. The molecule has 2 heterocycles. The second-order valence-electron chi connectivity index (χ2n) is 6.62. The Kier molecular flexibility index (Phi) is 3.06. The van der Waals surface area contributed by atoms with E-state index < -0.39 is 16.3 Å². The maximum absolute atomic E-state index is 4.73. The van der Waals surface area contributed by atoms with Crippen molar-refractivity contribution in [2.75, 3.05) is 4.98 Å². The molecule has 7 heteroatoms. The molecule has 2 aromatic heterocycles. The number of rotatable bonds is 3. The van der Waals surface area contributed by atoms with Crippen LogP contribution in [0.4, 0.5) is 5.82 Å². The van der Waals surface area contributed by atoms with Crippen molar-refractivity contribution in [2.45, 2.75) is 39.3 Å². The Morgan fingerprint density at radius 1 is 1.06 bits per heavy atom. The van der Waals surface area contributed by atoms with Crippen LogP contribution in [-0.2, 0) is 0 Å². The predicted octanol–water partition coefficient (Wildman–Crippen LogP) is 2.14. The van der Waals surface area contributed by atoms with E-state index in [9.17, 15) is 0 Å². The highest BCUT2D eigenvalue weighted by Gasteiger charge is 2.24. The van der Waals surface area contributed by atoms with Gasteiger partial charge in [-0.15, -0.1) is 0 Å². The summed E-state index contributed by atoms with van der Waals surface area (Å²) in [6, 6.07) is 0. The summed E-state index contributed by atoms with van der Waals surface area (Å²) < 4.78 is 0. The van der Waals surface area contributed by atoms with E-state index in [0.717, 1.165) is 22.4 Å². The van der Waals surface area contributed by atoms with Crippen LogP contribution >= 0.6 is 0 Å². The van der Waals surface area contributed by atoms with Crippen LogP contribution in [0.5, 0.6) is 0 Å². The van der Waals surface area contributed by atoms with E-state index in [2.05, 4.69) is 59.2 Å². The Morgan fingerprint density at radius 3 is 2.28 bits per heavy atom. The van der Waals surface area contributed by atoms with E-state index in [1.54, 1.807) is 6.33 Å². The molecule has 0 aliphatic carbocycles. The Balaban J connectivity index is 2.59. The smallest absolute Gasteiger partial charge is 0.182 e. The molecule has 0 amide bonds. The molecule has 0 fully saturated rings. The summed E-state index contributed by atoms with van der Waals surface area (Å²) in [7, 11) is -2.97. The molecule has 2 N–H and O–H groups in total. The number of nitrogens with one attached hydrogen (secondary N) is 2. The number of nitrogens with zero attached hydrogens (tertiary/aromatic N) is 3. The number of aromatic amines is 1. The van der Waals surface area contributed by atoms with Gasteiger partial charge in [0.05, 0.1) is 6.33 Å². The largest absolute Gasteiger partial charge is 0.394 e. The Bertz CT molecular complexity index is 565. The van der Waals surface area contributed by atoms with Crippen molar-refractivity contribution in [2.24, 2.45) is 0 Å². The van der Waals surface area contributed by atoms with Crippen molar-refractivity contribution in [1.82, 2.24) is 19.9 Å². The second kappa shape index (κ2) is 4.16. The summed E-state index contributed by atoms with van der Waals surface area (Å²) in [5.41, 5.74) is 2.64. The molecule has 0 atom stereocenters. The number of imidazole rings is 1. The molecule has 2 rings (SSSR count). The lowest BCUT2D eigenvalue weighted by Gasteiger charge is -2.21. The van der Waals surface area contributed by atoms with Crippen molar-refractivity contribution >= 4 is 38.7 Å². The molecule has 0 bridgehead atoms. The van der Waals surface area contributed by atoms with Gasteiger partial charge in [-0.1, -0.05) is 39.3 Å². The van der Waals surface area contributed by atoms with Crippen LogP contribution in [0.2, 0.25) is 39.3 Å². The number of H-pyrrole nitrogens is 1. The summed E-state index contributed by atoms with van der Waals surface area (Å²) >= 11 is 0. The average molecular weight is 279 g/mol. The fourth-order valence-electron chi connectivity index (χ4n) is 1.61. The minimum Gasteiger partial charge on any atom is -0.394 e. The first-order valence-electron chi connectivity index (χ1n) is 6.16. The maximum Gasteiger partial charge on any atom is 0.182 e. The first kappa shape index (κ1) is 13.2. The predicted molar refractivity (Wildman–Crippen MR) is 81.6 cm³/mol. The molecule has 0 aromatic carbocycles. The van der Waals surface area contributed by atoms with Crippen LogP contribution in [0.15, 0.2) is 6.33 Å². The van der Waals surface area contributed by atoms with Gasteiger partial charge in [0, 0.05) is 0 Å². The molecule has 0 saturated heterocycles. The molecular weight excluding hydrogens is 258 g/mol. The lowest BCUT2D eigenvalue weighted by molar-refractivity contribution is 1.24. The highest BCUT2D eigenvalue weighted by atomic mass is 28.3. The van der Waals surface area contributed by atoms with Gasteiger partial charge in [0.1, 0.15) is 33.1 Å². The third kappa shape index (κ3) is 2.78. The summed E-state index contributed by atoms with van der Waals surface area (Å²) in [5, 5.41) is 0. The third-order valence-electron chi connectivity index (χ3n) is 2.45. The monoisotopic (exact) mass is 279 g/mol. The van der Waals surface area contributed by atoms with Gasteiger partial charge in [0.15, 0.2) is 5.65 Å². The molecule has 0 saturated carbocycles. The summed E-state index contributed by atoms with van der Waals surface area (Å²) in [4.78, 5) is 20.3. The van der Waals surface area contributed by atoms with E-state index in [1.165, 1.54) is 0 Å². The van der Waals surface area contributed by atoms with Crippen LogP contribution in [0.25, 0.3) is 11.2 Å². The van der Waals surface area contributed by atoms with Crippen molar-refractivity contribution in [3.05, 3.63) is 6.33 Å². The molecule has 18 heavy (non-hydrogen) atoms. The highest BCUT2D eigenvalue weighted by Crippen LogP contribution is 2.18. The number of anilines is 1. The summed E-state index contributed by atoms with van der Waals surface area (Å²) in [6.07, 6.45) is 1.68. The zero-order chi connectivity index (χ0) is 13.6. The lowest BCUT2D eigenvalue weighted by atomic mass is 10.5. The normalized spacial score (nSPS) is 13.0. The van der Waals surface area contributed by atoms with Gasteiger partial charge in [0.25, 0.3) is 0 Å². The Labute approximate surface area is 110 Å². The molecule has 0 radical (unpaired) electrons. The van der Waals surface area contributed by atoms with Gasteiger partial charge >= 0.3 is 0 Å². The van der Waals surface area contributed by atoms with Gasteiger partial charge in [-0.2, -0.15) is 0 Å². The maximum atomic E-state index is 4.73. The molecule has 0 unspecified atom stereocenters. The highest BCUT2D eigenvalue weighted by molar-refractivity contribution is 6.87. The molecule has 5 nitrogen and oxygen atoms in total. The van der Waals surface area contributed by atoms with Crippen molar-refractivity contribution in [3.8, 4) is 0 Å².